The topological polar surface area (TPSA) is 20.2 Å². The first kappa shape index (κ1) is 10.2. The van der Waals surface area contributed by atoms with Crippen molar-refractivity contribution in [3.05, 3.63) is 0 Å². The molecule has 1 N–H and O–H groups in total. The van der Waals surface area contributed by atoms with Gasteiger partial charge in [0.05, 0.1) is 0 Å². The van der Waals surface area contributed by atoms with Crippen LogP contribution in [0.5, 0.6) is 0 Å². The van der Waals surface area contributed by atoms with E-state index in [0.29, 0.717) is 11.8 Å². The number of rotatable bonds is 4. The molecule has 0 unspecified atom stereocenters. The van der Waals surface area contributed by atoms with Gasteiger partial charge in [-0.25, -0.2) is 0 Å². The number of halogens is 1. The maximum absolute atomic E-state index is 8.72. The molecule has 0 rings (SSSR count). The Morgan fingerprint density at radius 3 is 2.10 bits per heavy atom. The zero-order chi connectivity index (χ0) is 8.15. The normalized spacial score (nSPS) is 20.1. The highest BCUT2D eigenvalue weighted by atomic mass is 35.5. The van der Waals surface area contributed by atoms with Gasteiger partial charge in [0.2, 0.25) is 0 Å². The monoisotopic (exact) mass is 164 g/mol. The lowest BCUT2D eigenvalue weighted by Crippen LogP contribution is -2.13. The number of aliphatic hydroxyl groups is 1. The van der Waals surface area contributed by atoms with Crippen LogP contribution in [-0.2, 0) is 0 Å². The number of alkyl halides is 1. The van der Waals surface area contributed by atoms with Gasteiger partial charge < -0.3 is 5.11 Å². The van der Waals surface area contributed by atoms with E-state index in [0.717, 1.165) is 6.42 Å². The third-order valence-electron chi connectivity index (χ3n) is 1.87. The van der Waals surface area contributed by atoms with Gasteiger partial charge in [-0.05, 0) is 25.2 Å². The molecular weight excluding hydrogens is 148 g/mol. The van der Waals surface area contributed by atoms with Gasteiger partial charge in [0.15, 0.2) is 0 Å². The molecule has 0 aromatic rings. The van der Waals surface area contributed by atoms with Crippen LogP contribution in [0.1, 0.15) is 27.2 Å². The summed E-state index contributed by atoms with van der Waals surface area (Å²) in [7, 11) is 0. The molecule has 0 saturated carbocycles. The van der Waals surface area contributed by atoms with Crippen molar-refractivity contribution in [2.45, 2.75) is 32.6 Å². The summed E-state index contributed by atoms with van der Waals surface area (Å²) in [6, 6.07) is 0. The number of hydrogen-bond acceptors (Lipinski definition) is 1. The van der Waals surface area contributed by atoms with Crippen LogP contribution < -0.4 is 0 Å². The molecule has 3 atom stereocenters. The molecule has 1 nitrogen and oxygen atoms in total. The third-order valence-corrected chi connectivity index (χ3v) is 2.30. The van der Waals surface area contributed by atoms with E-state index < -0.39 is 0 Å². The molecule has 0 heterocycles. The van der Waals surface area contributed by atoms with Gasteiger partial charge in [-0.3, -0.25) is 0 Å². The predicted octanol–water partition coefficient (Wildman–Crippen LogP) is 2.27. The Bertz CT molecular complexity index is 83.3. The van der Waals surface area contributed by atoms with E-state index in [4.69, 9.17) is 16.7 Å². The molecule has 0 fully saturated rings. The summed E-state index contributed by atoms with van der Waals surface area (Å²) in [5, 5.41) is 8.94. The van der Waals surface area contributed by atoms with Gasteiger partial charge >= 0.3 is 0 Å². The van der Waals surface area contributed by atoms with Crippen LogP contribution in [0.15, 0.2) is 0 Å². The van der Waals surface area contributed by atoms with E-state index in [1.807, 2.05) is 13.8 Å². The number of hydrogen-bond donors (Lipinski definition) is 1. The van der Waals surface area contributed by atoms with Crippen LogP contribution in [-0.4, -0.2) is 17.1 Å². The lowest BCUT2D eigenvalue weighted by atomic mass is 9.96. The van der Waals surface area contributed by atoms with Crippen molar-refractivity contribution in [3.8, 4) is 0 Å². The average molecular weight is 165 g/mol. The SMILES string of the molecule is C[C@H](CO)C[C@H](C)[C@H](C)Cl. The lowest BCUT2D eigenvalue weighted by Gasteiger charge is -2.16. The summed E-state index contributed by atoms with van der Waals surface area (Å²) in [4.78, 5) is 0. The standard InChI is InChI=1S/C8H17ClO/c1-6(5-10)4-7(2)8(3)9/h6-8,10H,4-5H2,1-3H3/t6-,7-,8-/m0/s1. The maximum atomic E-state index is 8.72. The first-order valence-electron chi connectivity index (χ1n) is 3.82. The van der Waals surface area contributed by atoms with E-state index in [1.54, 1.807) is 0 Å². The fourth-order valence-electron chi connectivity index (χ4n) is 0.897. The Kier molecular flexibility index (Phi) is 5.10. The highest BCUT2D eigenvalue weighted by molar-refractivity contribution is 6.20. The molecule has 0 aliphatic heterocycles. The maximum Gasteiger partial charge on any atom is 0.0456 e. The van der Waals surface area contributed by atoms with Crippen LogP contribution in [0.4, 0.5) is 0 Å². The summed E-state index contributed by atoms with van der Waals surface area (Å²) in [5.41, 5.74) is 0. The fraction of sp³-hybridized carbons (Fsp3) is 1.00. The second-order valence-corrected chi connectivity index (χ2v) is 3.87. The molecule has 0 spiro atoms. The second-order valence-electron chi connectivity index (χ2n) is 3.18. The zero-order valence-corrected chi connectivity index (χ0v) is 7.73. The summed E-state index contributed by atoms with van der Waals surface area (Å²) in [6.45, 7) is 6.42. The fourth-order valence-corrected chi connectivity index (χ4v) is 1.000. The highest BCUT2D eigenvalue weighted by Crippen LogP contribution is 2.18. The molecule has 2 heteroatoms. The van der Waals surface area contributed by atoms with Crippen LogP contribution in [0.2, 0.25) is 0 Å². The first-order chi connectivity index (χ1) is 4.57. The van der Waals surface area contributed by atoms with E-state index in [-0.39, 0.29) is 12.0 Å². The van der Waals surface area contributed by atoms with Gasteiger partial charge in [-0.2, -0.15) is 0 Å². The highest BCUT2D eigenvalue weighted by Gasteiger charge is 2.12. The second kappa shape index (κ2) is 4.97. The molecule has 0 saturated heterocycles. The largest absolute Gasteiger partial charge is 0.396 e. The van der Waals surface area contributed by atoms with Crippen LogP contribution in [0.3, 0.4) is 0 Å². The average Bonchev–Trinajstić information content (AvgIpc) is 1.87. The van der Waals surface area contributed by atoms with Gasteiger partial charge in [-0.1, -0.05) is 13.8 Å². The molecule has 0 aromatic heterocycles. The predicted molar refractivity (Wildman–Crippen MR) is 45.3 cm³/mol. The van der Waals surface area contributed by atoms with Crippen LogP contribution >= 0.6 is 11.6 Å². The van der Waals surface area contributed by atoms with Crippen molar-refractivity contribution in [1.82, 2.24) is 0 Å². The molecule has 0 amide bonds. The third kappa shape index (κ3) is 4.13. The van der Waals surface area contributed by atoms with Crippen LogP contribution in [0.25, 0.3) is 0 Å². The summed E-state index contributed by atoms with van der Waals surface area (Å²) < 4.78 is 0. The molecule has 0 radical (unpaired) electrons. The van der Waals surface area contributed by atoms with Gasteiger partial charge in [-0.15, -0.1) is 11.6 Å². The Hall–Kier alpha value is 0.250. The molecule has 10 heavy (non-hydrogen) atoms. The lowest BCUT2D eigenvalue weighted by molar-refractivity contribution is 0.215. The van der Waals surface area contributed by atoms with E-state index in [2.05, 4.69) is 6.92 Å². The smallest absolute Gasteiger partial charge is 0.0456 e. The minimum absolute atomic E-state index is 0.217. The Morgan fingerprint density at radius 2 is 1.80 bits per heavy atom. The Labute approximate surface area is 68.4 Å². The van der Waals surface area contributed by atoms with E-state index in [1.165, 1.54) is 0 Å². The summed E-state index contributed by atoms with van der Waals surface area (Å²) >= 11 is 5.85. The van der Waals surface area contributed by atoms with Gasteiger partial charge in [0, 0.05) is 12.0 Å². The number of aliphatic hydroxyl groups excluding tert-OH is 1. The Morgan fingerprint density at radius 1 is 1.30 bits per heavy atom. The molecule has 0 aromatic carbocycles. The van der Waals surface area contributed by atoms with E-state index >= 15 is 0 Å². The molecule has 0 aliphatic rings. The molecule has 0 bridgehead atoms. The van der Waals surface area contributed by atoms with Gasteiger partial charge in [0.1, 0.15) is 0 Å². The quantitative estimate of drug-likeness (QED) is 0.633. The van der Waals surface area contributed by atoms with Crippen molar-refractivity contribution in [3.63, 3.8) is 0 Å². The molecule has 0 aliphatic carbocycles. The van der Waals surface area contributed by atoms with Gasteiger partial charge in [0.25, 0.3) is 0 Å². The Balaban J connectivity index is 3.46. The zero-order valence-electron chi connectivity index (χ0n) is 6.97. The molecular formula is C8H17ClO. The minimum atomic E-state index is 0.217. The van der Waals surface area contributed by atoms with Crippen molar-refractivity contribution >= 4 is 11.6 Å². The minimum Gasteiger partial charge on any atom is -0.396 e. The van der Waals surface area contributed by atoms with Crippen LogP contribution in [0, 0.1) is 11.8 Å². The van der Waals surface area contributed by atoms with Crippen molar-refractivity contribution < 1.29 is 5.11 Å². The first-order valence-corrected chi connectivity index (χ1v) is 4.26. The molecule has 62 valence electrons. The van der Waals surface area contributed by atoms with E-state index in [9.17, 15) is 0 Å². The van der Waals surface area contributed by atoms with Crippen molar-refractivity contribution in [2.75, 3.05) is 6.61 Å². The van der Waals surface area contributed by atoms with Crippen molar-refractivity contribution in [1.29, 1.82) is 0 Å². The summed E-state index contributed by atoms with van der Waals surface area (Å²) in [6.07, 6.45) is 1.02. The van der Waals surface area contributed by atoms with Crippen molar-refractivity contribution in [2.24, 2.45) is 11.8 Å². The summed E-state index contributed by atoms with van der Waals surface area (Å²) in [5.74, 6) is 0.889.